The molecule has 0 aliphatic rings. The number of nitrogens with one attached hydrogen (secondary N) is 2. The van der Waals surface area contributed by atoms with Gasteiger partial charge in [0.25, 0.3) is 0 Å². The van der Waals surface area contributed by atoms with Crippen molar-refractivity contribution in [2.24, 2.45) is 5.73 Å². The maximum Gasteiger partial charge on any atom is 0.319 e. The van der Waals surface area contributed by atoms with Crippen molar-refractivity contribution < 1.29 is 9.59 Å². The van der Waals surface area contributed by atoms with Crippen LogP contribution >= 0.6 is 0 Å². The second-order valence-electron chi connectivity index (χ2n) is 6.44. The van der Waals surface area contributed by atoms with E-state index in [2.05, 4.69) is 24.5 Å². The van der Waals surface area contributed by atoms with Crippen molar-refractivity contribution in [2.75, 3.05) is 5.32 Å². The molecular weight excluding hydrogens is 314 g/mol. The van der Waals surface area contributed by atoms with Gasteiger partial charge in [-0.2, -0.15) is 0 Å². The molecule has 4 N–H and O–H groups in total. The molecule has 3 amide bonds. The lowest BCUT2D eigenvalue weighted by atomic mass is 9.98. The van der Waals surface area contributed by atoms with E-state index in [4.69, 9.17) is 5.73 Å². The summed E-state index contributed by atoms with van der Waals surface area (Å²) in [6.45, 7) is 6.08. The third-order valence-corrected chi connectivity index (χ3v) is 4.10. The Kier molecular flexibility index (Phi) is 6.17. The van der Waals surface area contributed by atoms with Crippen molar-refractivity contribution >= 4 is 17.6 Å². The normalized spacial score (nSPS) is 11.8. The lowest BCUT2D eigenvalue weighted by Gasteiger charge is -2.19. The molecule has 0 heterocycles. The first-order chi connectivity index (χ1) is 11.9. The zero-order chi connectivity index (χ0) is 18.4. The summed E-state index contributed by atoms with van der Waals surface area (Å²) in [6.07, 6.45) is 0.356. The van der Waals surface area contributed by atoms with Gasteiger partial charge >= 0.3 is 6.03 Å². The highest BCUT2D eigenvalue weighted by Crippen LogP contribution is 2.27. The fraction of sp³-hybridized carbons (Fsp3) is 0.300. The molecule has 0 unspecified atom stereocenters. The molecule has 0 radical (unpaired) electrons. The Hall–Kier alpha value is -2.82. The molecule has 132 valence electrons. The largest absolute Gasteiger partial charge is 0.368 e. The second-order valence-corrected chi connectivity index (χ2v) is 6.44. The highest BCUT2D eigenvalue weighted by molar-refractivity contribution is 5.94. The molecule has 5 nitrogen and oxygen atoms in total. The quantitative estimate of drug-likeness (QED) is 0.754. The van der Waals surface area contributed by atoms with Crippen LogP contribution in [0.3, 0.4) is 0 Å². The number of nitrogens with two attached hydrogens (primary N) is 1. The molecule has 25 heavy (non-hydrogen) atoms. The Morgan fingerprint density at radius 2 is 1.72 bits per heavy atom. The molecule has 0 aliphatic heterocycles. The van der Waals surface area contributed by atoms with Crippen LogP contribution in [0.2, 0.25) is 0 Å². The van der Waals surface area contributed by atoms with Crippen molar-refractivity contribution in [1.29, 1.82) is 0 Å². The number of aryl methyl sites for hydroxylation is 1. The van der Waals surface area contributed by atoms with E-state index in [9.17, 15) is 9.59 Å². The summed E-state index contributed by atoms with van der Waals surface area (Å²) in [7, 11) is 0. The van der Waals surface area contributed by atoms with Crippen LogP contribution in [0.15, 0.2) is 48.5 Å². The first-order valence-corrected chi connectivity index (χ1v) is 8.38. The van der Waals surface area contributed by atoms with Crippen LogP contribution in [0.1, 0.15) is 36.5 Å². The predicted molar refractivity (Wildman–Crippen MR) is 101 cm³/mol. The summed E-state index contributed by atoms with van der Waals surface area (Å²) in [5, 5.41) is 5.56. The van der Waals surface area contributed by atoms with Gasteiger partial charge in [-0.15, -0.1) is 0 Å². The molecule has 1 atom stereocenters. The summed E-state index contributed by atoms with van der Waals surface area (Å²) in [4.78, 5) is 24.1. The molecule has 5 heteroatoms. The summed E-state index contributed by atoms with van der Waals surface area (Å²) >= 11 is 0. The van der Waals surface area contributed by atoms with Crippen LogP contribution in [-0.4, -0.2) is 18.0 Å². The monoisotopic (exact) mass is 339 g/mol. The number of carbonyl (C=O) groups excluding carboxylic acids is 2. The van der Waals surface area contributed by atoms with Crippen LogP contribution in [0.4, 0.5) is 10.5 Å². The Morgan fingerprint density at radius 3 is 2.32 bits per heavy atom. The molecule has 0 bridgehead atoms. The maximum absolute atomic E-state index is 12.4. The number of amides is 3. The first kappa shape index (κ1) is 18.5. The first-order valence-electron chi connectivity index (χ1n) is 8.38. The Morgan fingerprint density at radius 1 is 1.04 bits per heavy atom. The molecule has 0 saturated carbocycles. The predicted octanol–water partition coefficient (Wildman–Crippen LogP) is 3.34. The molecule has 0 fully saturated rings. The van der Waals surface area contributed by atoms with E-state index in [-0.39, 0.29) is 5.92 Å². The average molecular weight is 339 g/mol. The molecule has 2 aromatic rings. The van der Waals surface area contributed by atoms with Crippen molar-refractivity contribution in [1.82, 2.24) is 5.32 Å². The number of para-hydroxylation sites is 1. The molecule has 0 saturated heterocycles. The minimum absolute atomic E-state index is 0.270. The van der Waals surface area contributed by atoms with Gasteiger partial charge in [0.05, 0.1) is 0 Å². The number of anilines is 1. The third kappa shape index (κ3) is 5.08. The van der Waals surface area contributed by atoms with Gasteiger partial charge in [0, 0.05) is 12.1 Å². The van der Waals surface area contributed by atoms with Gasteiger partial charge in [-0.3, -0.25) is 4.79 Å². The van der Waals surface area contributed by atoms with E-state index in [0.29, 0.717) is 6.42 Å². The van der Waals surface area contributed by atoms with E-state index in [1.54, 1.807) is 0 Å². The topological polar surface area (TPSA) is 84.2 Å². The lowest BCUT2D eigenvalue weighted by Crippen LogP contribution is -2.47. The van der Waals surface area contributed by atoms with Gasteiger partial charge in [-0.05, 0) is 29.5 Å². The van der Waals surface area contributed by atoms with Crippen LogP contribution < -0.4 is 16.4 Å². The summed E-state index contributed by atoms with van der Waals surface area (Å²) < 4.78 is 0. The molecule has 2 aromatic carbocycles. The van der Waals surface area contributed by atoms with E-state index < -0.39 is 18.0 Å². The van der Waals surface area contributed by atoms with E-state index in [0.717, 1.165) is 22.4 Å². The van der Waals surface area contributed by atoms with E-state index >= 15 is 0 Å². The summed E-state index contributed by atoms with van der Waals surface area (Å²) in [6, 6.07) is 14.2. The average Bonchev–Trinajstić information content (AvgIpc) is 2.56. The third-order valence-electron chi connectivity index (χ3n) is 4.10. The van der Waals surface area contributed by atoms with Crippen molar-refractivity contribution in [3.8, 4) is 0 Å². The van der Waals surface area contributed by atoms with Crippen LogP contribution in [0, 0.1) is 6.92 Å². The molecule has 0 aromatic heterocycles. The number of urea groups is 1. The smallest absolute Gasteiger partial charge is 0.319 e. The summed E-state index contributed by atoms with van der Waals surface area (Å²) in [5.41, 5.74) is 9.19. The zero-order valence-electron chi connectivity index (χ0n) is 14.9. The van der Waals surface area contributed by atoms with E-state index in [1.807, 2.05) is 55.5 Å². The fourth-order valence-electron chi connectivity index (χ4n) is 2.72. The van der Waals surface area contributed by atoms with Gasteiger partial charge in [0.15, 0.2) is 0 Å². The highest BCUT2D eigenvalue weighted by atomic mass is 16.2. The van der Waals surface area contributed by atoms with Gasteiger partial charge in [-0.1, -0.05) is 62.4 Å². The van der Waals surface area contributed by atoms with E-state index in [1.165, 1.54) is 0 Å². The molecule has 2 rings (SSSR count). The van der Waals surface area contributed by atoms with Crippen LogP contribution in [0.5, 0.6) is 0 Å². The number of rotatable bonds is 6. The van der Waals surface area contributed by atoms with Gasteiger partial charge in [-0.25, -0.2) is 4.79 Å². The fourth-order valence-corrected chi connectivity index (χ4v) is 2.72. The standard InChI is InChI=1S/C20H25N3O2/c1-13(2)16-11-7-8-14(3)18(16)23-20(25)22-17(19(21)24)12-15-9-5-4-6-10-15/h4-11,13,17H,12H2,1-3H3,(H2,21,24)(H2,22,23,25)/t17-/m1/s1. The van der Waals surface area contributed by atoms with Gasteiger partial charge in [0.1, 0.15) is 6.04 Å². The lowest BCUT2D eigenvalue weighted by molar-refractivity contribution is -0.119. The number of hydrogen-bond acceptors (Lipinski definition) is 2. The highest BCUT2D eigenvalue weighted by Gasteiger charge is 2.20. The van der Waals surface area contributed by atoms with Crippen LogP contribution in [0.25, 0.3) is 0 Å². The van der Waals surface area contributed by atoms with Crippen molar-refractivity contribution in [3.05, 3.63) is 65.2 Å². The summed E-state index contributed by atoms with van der Waals surface area (Å²) in [5.74, 6) is -0.292. The number of carbonyl (C=O) groups is 2. The van der Waals surface area contributed by atoms with Crippen molar-refractivity contribution in [2.45, 2.75) is 39.2 Å². The Balaban J connectivity index is 2.11. The molecular formula is C20H25N3O2. The second kappa shape index (κ2) is 8.33. The van der Waals surface area contributed by atoms with Gasteiger partial charge < -0.3 is 16.4 Å². The molecule has 0 spiro atoms. The minimum Gasteiger partial charge on any atom is -0.368 e. The number of primary amides is 1. The Bertz CT molecular complexity index is 742. The maximum atomic E-state index is 12.4. The minimum atomic E-state index is -0.770. The Labute approximate surface area is 148 Å². The van der Waals surface area contributed by atoms with Gasteiger partial charge in [0.2, 0.25) is 5.91 Å². The number of benzene rings is 2. The molecule has 0 aliphatic carbocycles. The number of hydrogen-bond donors (Lipinski definition) is 3. The van der Waals surface area contributed by atoms with Crippen molar-refractivity contribution in [3.63, 3.8) is 0 Å². The SMILES string of the molecule is Cc1cccc(C(C)C)c1NC(=O)N[C@H](Cc1ccccc1)C(N)=O. The zero-order valence-corrected chi connectivity index (χ0v) is 14.9. The van der Waals surface area contributed by atoms with Crippen LogP contribution in [-0.2, 0) is 11.2 Å².